The second kappa shape index (κ2) is 7.14. The van der Waals surface area contributed by atoms with Gasteiger partial charge in [0.1, 0.15) is 4.21 Å². The van der Waals surface area contributed by atoms with Crippen molar-refractivity contribution in [3.63, 3.8) is 0 Å². The average molecular weight is 328 g/mol. The van der Waals surface area contributed by atoms with Crippen molar-refractivity contribution in [2.75, 3.05) is 19.1 Å². The van der Waals surface area contributed by atoms with Crippen molar-refractivity contribution < 1.29 is 8.42 Å². The van der Waals surface area contributed by atoms with Gasteiger partial charge in [-0.2, -0.15) is 16.1 Å². The Bertz CT molecular complexity index is 472. The highest BCUT2D eigenvalue weighted by atomic mass is 35.5. The largest absolute Gasteiger partial charge is 0.252 e. The van der Waals surface area contributed by atoms with E-state index >= 15 is 0 Å². The Morgan fingerprint density at radius 2 is 2.22 bits per heavy atom. The zero-order chi connectivity index (χ0) is 13.8. The molecule has 3 nitrogen and oxygen atoms in total. The molecule has 1 aromatic heterocycles. The van der Waals surface area contributed by atoms with Crippen LogP contribution in [0.15, 0.2) is 15.7 Å². The minimum atomic E-state index is -3.38. The van der Waals surface area contributed by atoms with Crippen LogP contribution in [0.3, 0.4) is 0 Å². The first kappa shape index (κ1) is 16.3. The SMILES string of the molecule is CCC(CSC)N(C)S(=O)(=O)c1cc(CCl)cs1. The Morgan fingerprint density at radius 1 is 1.56 bits per heavy atom. The highest BCUT2D eigenvalue weighted by molar-refractivity contribution is 7.98. The van der Waals surface area contributed by atoms with Gasteiger partial charge in [0.2, 0.25) is 0 Å². The van der Waals surface area contributed by atoms with Crippen molar-refractivity contribution in [2.45, 2.75) is 29.5 Å². The van der Waals surface area contributed by atoms with Crippen LogP contribution in [0.5, 0.6) is 0 Å². The van der Waals surface area contributed by atoms with E-state index in [-0.39, 0.29) is 6.04 Å². The van der Waals surface area contributed by atoms with Crippen LogP contribution in [0, 0.1) is 0 Å². The first-order chi connectivity index (χ1) is 8.47. The smallest absolute Gasteiger partial charge is 0.206 e. The minimum absolute atomic E-state index is 0.0338. The normalized spacial score (nSPS) is 14.1. The standard InChI is InChI=1S/C11H18ClNO2S3/c1-4-10(8-16-3)13(2)18(14,15)11-5-9(6-12)7-17-11/h5,7,10H,4,6,8H2,1-3H3. The van der Waals surface area contributed by atoms with Crippen molar-refractivity contribution in [1.29, 1.82) is 0 Å². The maximum absolute atomic E-state index is 12.4. The summed E-state index contributed by atoms with van der Waals surface area (Å²) in [6.07, 6.45) is 2.80. The van der Waals surface area contributed by atoms with Crippen LogP contribution in [0.1, 0.15) is 18.9 Å². The lowest BCUT2D eigenvalue weighted by molar-refractivity contribution is 0.386. The minimum Gasteiger partial charge on any atom is -0.206 e. The number of alkyl halides is 1. The summed E-state index contributed by atoms with van der Waals surface area (Å²) in [5.74, 6) is 1.15. The van der Waals surface area contributed by atoms with Gasteiger partial charge in [0.25, 0.3) is 10.0 Å². The highest BCUT2D eigenvalue weighted by Crippen LogP contribution is 2.26. The van der Waals surface area contributed by atoms with Crippen molar-refractivity contribution in [3.8, 4) is 0 Å². The third-order valence-electron chi connectivity index (χ3n) is 2.76. The summed E-state index contributed by atoms with van der Waals surface area (Å²) < 4.78 is 26.7. The van der Waals surface area contributed by atoms with Crippen LogP contribution in [-0.4, -0.2) is 37.8 Å². The molecule has 0 saturated heterocycles. The van der Waals surface area contributed by atoms with E-state index in [4.69, 9.17) is 11.6 Å². The van der Waals surface area contributed by atoms with Crippen molar-refractivity contribution in [1.82, 2.24) is 4.31 Å². The van der Waals surface area contributed by atoms with Crippen LogP contribution in [-0.2, 0) is 15.9 Å². The van der Waals surface area contributed by atoms with E-state index in [2.05, 4.69) is 0 Å². The summed E-state index contributed by atoms with van der Waals surface area (Å²) in [6, 6.07) is 1.70. The molecule has 0 aliphatic carbocycles. The van der Waals surface area contributed by atoms with E-state index < -0.39 is 10.0 Å². The predicted molar refractivity (Wildman–Crippen MR) is 81.3 cm³/mol. The van der Waals surface area contributed by atoms with Gasteiger partial charge >= 0.3 is 0 Å². The third-order valence-corrected chi connectivity index (χ3v) is 7.16. The molecule has 1 unspecified atom stereocenters. The second-order valence-corrected chi connectivity index (χ2v) is 8.26. The number of hydrogen-bond acceptors (Lipinski definition) is 4. The zero-order valence-electron chi connectivity index (χ0n) is 10.7. The van der Waals surface area contributed by atoms with Crippen molar-refractivity contribution >= 4 is 44.7 Å². The number of thioether (sulfide) groups is 1. The number of hydrogen-bond donors (Lipinski definition) is 0. The van der Waals surface area contributed by atoms with Crippen LogP contribution >= 0.6 is 34.7 Å². The van der Waals surface area contributed by atoms with Gasteiger partial charge in [0.05, 0.1) is 0 Å². The van der Waals surface area contributed by atoms with Crippen LogP contribution in [0.25, 0.3) is 0 Å². The van der Waals surface area contributed by atoms with Gasteiger partial charge in [0.15, 0.2) is 0 Å². The molecule has 104 valence electrons. The molecular weight excluding hydrogens is 310 g/mol. The van der Waals surface area contributed by atoms with E-state index in [1.165, 1.54) is 15.6 Å². The molecule has 0 fully saturated rings. The summed E-state index contributed by atoms with van der Waals surface area (Å²) in [5, 5.41) is 1.79. The fourth-order valence-electron chi connectivity index (χ4n) is 1.57. The summed E-state index contributed by atoms with van der Waals surface area (Å²) in [5.41, 5.74) is 0.853. The first-order valence-electron chi connectivity index (χ1n) is 5.57. The Balaban J connectivity index is 2.97. The molecule has 1 rings (SSSR count). The van der Waals surface area contributed by atoms with E-state index in [0.717, 1.165) is 17.7 Å². The lowest BCUT2D eigenvalue weighted by Crippen LogP contribution is -2.37. The molecule has 1 atom stereocenters. The zero-order valence-corrected chi connectivity index (χ0v) is 13.9. The Hall–Kier alpha value is 0.250. The highest BCUT2D eigenvalue weighted by Gasteiger charge is 2.27. The Labute approximate surface area is 123 Å². The molecule has 7 heteroatoms. The summed E-state index contributed by atoms with van der Waals surface area (Å²) in [7, 11) is -1.73. The molecule has 0 bridgehead atoms. The van der Waals surface area contributed by atoms with E-state index in [1.54, 1.807) is 30.3 Å². The third kappa shape index (κ3) is 3.63. The molecule has 0 radical (unpaired) electrons. The fraction of sp³-hybridized carbons (Fsp3) is 0.636. The van der Waals surface area contributed by atoms with Gasteiger partial charge in [-0.3, -0.25) is 0 Å². The number of nitrogens with zero attached hydrogens (tertiary/aromatic N) is 1. The molecular formula is C11H18ClNO2S3. The van der Waals surface area contributed by atoms with Crippen molar-refractivity contribution in [3.05, 3.63) is 17.0 Å². The Morgan fingerprint density at radius 3 is 2.67 bits per heavy atom. The molecule has 0 aliphatic heterocycles. The molecule has 0 amide bonds. The average Bonchev–Trinajstić information content (AvgIpc) is 2.84. The predicted octanol–water partition coefficient (Wildman–Crippen LogP) is 3.25. The molecule has 0 saturated carbocycles. The maximum Gasteiger partial charge on any atom is 0.252 e. The maximum atomic E-state index is 12.4. The number of thiophene rings is 1. The second-order valence-electron chi connectivity index (χ2n) is 3.95. The molecule has 0 N–H and O–H groups in total. The first-order valence-corrected chi connectivity index (χ1v) is 9.82. The molecule has 1 heterocycles. The number of rotatable bonds is 7. The fourth-order valence-corrected chi connectivity index (χ4v) is 5.58. The summed E-state index contributed by atoms with van der Waals surface area (Å²) >= 11 is 8.60. The van der Waals surface area contributed by atoms with Gasteiger partial charge in [-0.15, -0.1) is 22.9 Å². The van der Waals surface area contributed by atoms with E-state index in [0.29, 0.717) is 10.1 Å². The molecule has 0 aromatic carbocycles. The van der Waals surface area contributed by atoms with E-state index in [1.807, 2.05) is 13.2 Å². The lowest BCUT2D eigenvalue weighted by Gasteiger charge is -2.25. The van der Waals surface area contributed by atoms with Gasteiger partial charge < -0.3 is 0 Å². The summed E-state index contributed by atoms with van der Waals surface area (Å²) in [4.78, 5) is 0. The molecule has 1 aromatic rings. The number of sulfonamides is 1. The molecule has 0 spiro atoms. The quantitative estimate of drug-likeness (QED) is 0.721. The molecule has 18 heavy (non-hydrogen) atoms. The van der Waals surface area contributed by atoms with Crippen LogP contribution in [0.2, 0.25) is 0 Å². The van der Waals surface area contributed by atoms with Crippen LogP contribution < -0.4 is 0 Å². The monoisotopic (exact) mass is 327 g/mol. The number of halogens is 1. The topological polar surface area (TPSA) is 37.4 Å². The van der Waals surface area contributed by atoms with Gasteiger partial charge in [-0.25, -0.2) is 8.42 Å². The lowest BCUT2D eigenvalue weighted by atomic mass is 10.3. The van der Waals surface area contributed by atoms with Crippen molar-refractivity contribution in [2.24, 2.45) is 0 Å². The van der Waals surface area contributed by atoms with Gasteiger partial charge in [-0.1, -0.05) is 6.92 Å². The summed E-state index contributed by atoms with van der Waals surface area (Å²) in [6.45, 7) is 2.01. The van der Waals surface area contributed by atoms with Gasteiger partial charge in [-0.05, 0) is 29.7 Å². The molecule has 0 aliphatic rings. The van der Waals surface area contributed by atoms with E-state index in [9.17, 15) is 8.42 Å². The Kier molecular flexibility index (Phi) is 6.47. The van der Waals surface area contributed by atoms with Crippen LogP contribution in [0.4, 0.5) is 0 Å². The van der Waals surface area contributed by atoms with Gasteiger partial charge in [0, 0.05) is 24.7 Å².